The Morgan fingerprint density at radius 3 is 3.00 bits per heavy atom. The van der Waals surface area contributed by atoms with Crippen LogP contribution >= 0.6 is 28.3 Å². The van der Waals surface area contributed by atoms with Crippen molar-refractivity contribution in [1.29, 1.82) is 0 Å². The molecule has 0 bridgehead atoms. The van der Waals surface area contributed by atoms with Gasteiger partial charge in [0.1, 0.15) is 0 Å². The molecule has 6 nitrogen and oxygen atoms in total. The van der Waals surface area contributed by atoms with Crippen LogP contribution in [0.5, 0.6) is 0 Å². The van der Waals surface area contributed by atoms with E-state index in [2.05, 4.69) is 26.2 Å². The Labute approximate surface area is 119 Å². The third kappa shape index (κ3) is 3.09. The molecule has 1 N–H and O–H groups in total. The monoisotopic (exact) mass is 336 g/mol. The van der Waals surface area contributed by atoms with E-state index in [1.807, 2.05) is 11.8 Å². The van der Waals surface area contributed by atoms with Crippen molar-refractivity contribution in [3.63, 3.8) is 0 Å². The van der Waals surface area contributed by atoms with Gasteiger partial charge >= 0.3 is 5.69 Å². The largest absolute Gasteiger partial charge is 0.346 e. The number of pyridine rings is 1. The Bertz CT molecular complexity index is 446. The SMILES string of the molecule is C[C@H]1CNCCN1c1ncc(Br)cc1[N+](=O)[O-].Cl. The van der Waals surface area contributed by atoms with Gasteiger partial charge in [-0.05, 0) is 22.9 Å². The number of nitro groups is 1. The van der Waals surface area contributed by atoms with Gasteiger partial charge in [-0.2, -0.15) is 0 Å². The van der Waals surface area contributed by atoms with Crippen molar-refractivity contribution in [2.24, 2.45) is 0 Å². The van der Waals surface area contributed by atoms with Gasteiger partial charge in [0.15, 0.2) is 0 Å². The van der Waals surface area contributed by atoms with Crippen molar-refractivity contribution in [2.75, 3.05) is 24.5 Å². The zero-order valence-electron chi connectivity index (χ0n) is 9.80. The molecule has 1 fully saturated rings. The van der Waals surface area contributed by atoms with Gasteiger partial charge in [-0.15, -0.1) is 12.4 Å². The van der Waals surface area contributed by atoms with Gasteiger partial charge in [0.2, 0.25) is 5.82 Å². The number of halogens is 2. The summed E-state index contributed by atoms with van der Waals surface area (Å²) in [5.74, 6) is 0.451. The van der Waals surface area contributed by atoms with Gasteiger partial charge in [-0.25, -0.2) is 4.98 Å². The topological polar surface area (TPSA) is 71.3 Å². The van der Waals surface area contributed by atoms with Gasteiger partial charge in [0.05, 0.1) is 4.92 Å². The molecule has 0 saturated carbocycles. The lowest BCUT2D eigenvalue weighted by Crippen LogP contribution is -2.50. The molecular weight excluding hydrogens is 323 g/mol. The molecule has 0 amide bonds. The van der Waals surface area contributed by atoms with E-state index in [-0.39, 0.29) is 29.1 Å². The highest BCUT2D eigenvalue weighted by atomic mass is 79.9. The minimum Gasteiger partial charge on any atom is -0.346 e. The van der Waals surface area contributed by atoms with Gasteiger partial charge in [-0.1, -0.05) is 0 Å². The summed E-state index contributed by atoms with van der Waals surface area (Å²) in [6.45, 7) is 4.39. The Hall–Kier alpha value is -0.920. The average molecular weight is 338 g/mol. The first kappa shape index (κ1) is 15.1. The lowest BCUT2D eigenvalue weighted by atomic mass is 10.2. The molecule has 1 aliphatic rings. The summed E-state index contributed by atoms with van der Waals surface area (Å²) < 4.78 is 0.621. The minimum absolute atomic E-state index is 0. The summed E-state index contributed by atoms with van der Waals surface area (Å²) in [5, 5.41) is 14.3. The molecule has 0 aromatic carbocycles. The number of rotatable bonds is 2. The van der Waals surface area contributed by atoms with Crippen LogP contribution in [-0.4, -0.2) is 35.6 Å². The molecule has 1 atom stereocenters. The summed E-state index contributed by atoms with van der Waals surface area (Å²) in [4.78, 5) is 16.8. The molecule has 0 unspecified atom stereocenters. The highest BCUT2D eigenvalue weighted by Gasteiger charge is 2.26. The number of nitrogens with zero attached hydrogens (tertiary/aromatic N) is 3. The van der Waals surface area contributed by atoms with Gasteiger partial charge in [-0.3, -0.25) is 10.1 Å². The van der Waals surface area contributed by atoms with Crippen molar-refractivity contribution in [2.45, 2.75) is 13.0 Å². The Kier molecular flexibility index (Phi) is 5.30. The van der Waals surface area contributed by atoms with Crippen LogP contribution in [-0.2, 0) is 0 Å². The van der Waals surface area contributed by atoms with Gasteiger partial charge in [0, 0.05) is 42.4 Å². The van der Waals surface area contributed by atoms with Crippen LogP contribution in [0, 0.1) is 10.1 Å². The maximum absolute atomic E-state index is 11.0. The van der Waals surface area contributed by atoms with E-state index in [1.54, 1.807) is 6.20 Å². The van der Waals surface area contributed by atoms with Crippen LogP contribution in [0.1, 0.15) is 6.92 Å². The predicted octanol–water partition coefficient (Wildman–Crippen LogP) is 1.97. The molecule has 100 valence electrons. The molecular formula is C10H14BrClN4O2. The molecule has 1 aliphatic heterocycles. The second kappa shape index (κ2) is 6.31. The number of piperazine rings is 1. The Morgan fingerprint density at radius 1 is 1.67 bits per heavy atom. The number of anilines is 1. The van der Waals surface area contributed by atoms with E-state index in [0.717, 1.165) is 19.6 Å². The van der Waals surface area contributed by atoms with E-state index in [1.165, 1.54) is 6.07 Å². The fraction of sp³-hybridized carbons (Fsp3) is 0.500. The van der Waals surface area contributed by atoms with Gasteiger partial charge in [0.25, 0.3) is 0 Å². The van der Waals surface area contributed by atoms with Crippen LogP contribution < -0.4 is 10.2 Å². The molecule has 2 heterocycles. The molecule has 8 heteroatoms. The van der Waals surface area contributed by atoms with Crippen LogP contribution in [0.4, 0.5) is 11.5 Å². The second-order valence-electron chi connectivity index (χ2n) is 4.00. The Balaban J connectivity index is 0.00000162. The molecule has 1 aromatic rings. The zero-order valence-corrected chi connectivity index (χ0v) is 12.2. The number of hydrogen-bond acceptors (Lipinski definition) is 5. The Morgan fingerprint density at radius 2 is 2.39 bits per heavy atom. The molecule has 2 rings (SSSR count). The van der Waals surface area contributed by atoms with Crippen LogP contribution in [0.3, 0.4) is 0 Å². The van der Waals surface area contributed by atoms with Crippen LogP contribution in [0.25, 0.3) is 0 Å². The highest BCUT2D eigenvalue weighted by Crippen LogP contribution is 2.29. The second-order valence-corrected chi connectivity index (χ2v) is 4.92. The first-order valence-electron chi connectivity index (χ1n) is 5.37. The normalized spacial score (nSPS) is 19.2. The summed E-state index contributed by atoms with van der Waals surface area (Å²) in [5.41, 5.74) is 0.0492. The van der Waals surface area contributed by atoms with E-state index in [0.29, 0.717) is 10.3 Å². The van der Waals surface area contributed by atoms with E-state index in [9.17, 15) is 10.1 Å². The summed E-state index contributed by atoms with van der Waals surface area (Å²) in [7, 11) is 0. The first-order valence-corrected chi connectivity index (χ1v) is 6.16. The van der Waals surface area contributed by atoms with Gasteiger partial charge < -0.3 is 10.2 Å². The van der Waals surface area contributed by atoms with Crippen LogP contribution in [0.2, 0.25) is 0 Å². The lowest BCUT2D eigenvalue weighted by molar-refractivity contribution is -0.384. The summed E-state index contributed by atoms with van der Waals surface area (Å²) >= 11 is 3.21. The molecule has 0 spiro atoms. The minimum atomic E-state index is -0.387. The smallest absolute Gasteiger partial charge is 0.312 e. The maximum Gasteiger partial charge on any atom is 0.312 e. The third-order valence-electron chi connectivity index (χ3n) is 2.78. The predicted molar refractivity (Wildman–Crippen MR) is 75.5 cm³/mol. The summed E-state index contributed by atoms with van der Waals surface area (Å²) in [6, 6.07) is 1.70. The summed E-state index contributed by atoms with van der Waals surface area (Å²) in [6.07, 6.45) is 1.59. The first-order chi connectivity index (χ1) is 8.09. The fourth-order valence-electron chi connectivity index (χ4n) is 1.93. The van der Waals surface area contributed by atoms with Crippen molar-refractivity contribution in [3.8, 4) is 0 Å². The standard InChI is InChI=1S/C10H13BrN4O2.ClH/c1-7-5-12-2-3-14(7)10-9(15(16)17)4-8(11)6-13-10;/h4,6-7,12H,2-3,5H2,1H3;1H/t7-;/m0./s1. The molecule has 18 heavy (non-hydrogen) atoms. The van der Waals surface area contributed by atoms with Crippen molar-refractivity contribution in [3.05, 3.63) is 26.9 Å². The molecule has 1 saturated heterocycles. The number of aromatic nitrogens is 1. The molecule has 1 aromatic heterocycles. The third-order valence-corrected chi connectivity index (χ3v) is 3.22. The highest BCUT2D eigenvalue weighted by molar-refractivity contribution is 9.10. The quantitative estimate of drug-likeness (QED) is 0.660. The number of hydrogen-bond donors (Lipinski definition) is 1. The van der Waals surface area contributed by atoms with E-state index < -0.39 is 0 Å². The van der Waals surface area contributed by atoms with E-state index >= 15 is 0 Å². The van der Waals surface area contributed by atoms with Crippen molar-refractivity contribution >= 4 is 39.8 Å². The van der Waals surface area contributed by atoms with E-state index in [4.69, 9.17) is 0 Å². The fourth-order valence-corrected chi connectivity index (χ4v) is 2.25. The van der Waals surface area contributed by atoms with Crippen molar-refractivity contribution in [1.82, 2.24) is 10.3 Å². The molecule has 0 aliphatic carbocycles. The lowest BCUT2D eigenvalue weighted by Gasteiger charge is -2.34. The van der Waals surface area contributed by atoms with Crippen LogP contribution in [0.15, 0.2) is 16.7 Å². The average Bonchev–Trinajstić information content (AvgIpc) is 2.30. The maximum atomic E-state index is 11.0. The van der Waals surface area contributed by atoms with Crippen molar-refractivity contribution < 1.29 is 4.92 Å². The molecule has 0 radical (unpaired) electrons. The zero-order chi connectivity index (χ0) is 12.4. The number of nitrogens with one attached hydrogen (secondary N) is 1.